The zero-order valence-electron chi connectivity index (χ0n) is 14.6. The minimum Gasteiger partial charge on any atom is -0.394 e. The second-order valence-corrected chi connectivity index (χ2v) is 6.71. The van der Waals surface area contributed by atoms with Gasteiger partial charge in [0.15, 0.2) is 0 Å². The number of nitrogens with zero attached hydrogens (tertiary/aromatic N) is 1. The number of nitrogens with one attached hydrogen (secondary N) is 2. The van der Waals surface area contributed by atoms with Crippen molar-refractivity contribution in [2.75, 3.05) is 25.0 Å². The lowest BCUT2D eigenvalue weighted by Gasteiger charge is -2.31. The summed E-state index contributed by atoms with van der Waals surface area (Å²) in [5.74, 6) is 0.594. The molecule has 1 aliphatic rings. The van der Waals surface area contributed by atoms with E-state index >= 15 is 0 Å². The molecule has 1 fully saturated rings. The first-order chi connectivity index (χ1) is 11.4. The molecule has 0 aromatic heterocycles. The number of aliphatic hydroxyl groups excluding tert-OH is 1. The maximum Gasteiger partial charge on any atom is 0.319 e. The van der Waals surface area contributed by atoms with E-state index in [0.717, 1.165) is 25.1 Å². The molecule has 0 saturated carbocycles. The number of rotatable bonds is 4. The molecule has 1 saturated heterocycles. The van der Waals surface area contributed by atoms with Gasteiger partial charge in [-0.3, -0.25) is 4.79 Å². The fraction of sp³-hybridized carbons (Fsp3) is 0.556. The number of likely N-dealkylation sites (tertiary alicyclic amines) is 1. The average molecular weight is 333 g/mol. The number of benzene rings is 1. The monoisotopic (exact) mass is 333 g/mol. The Bertz CT molecular complexity index is 603. The minimum absolute atomic E-state index is 0.0505. The second kappa shape index (κ2) is 8.15. The maximum atomic E-state index is 12.6. The van der Waals surface area contributed by atoms with Crippen LogP contribution in [0.4, 0.5) is 10.5 Å². The standard InChI is InChI=1S/C18H27N3O3/c1-12-5-4-8-21(10-12)17(23)15-6-7-16(13(2)9-15)20-18(24)19-14(3)11-22/h6-7,9,12,14,22H,4-5,8,10-11H2,1-3H3,(H2,19,20,24). The molecule has 6 nitrogen and oxygen atoms in total. The van der Waals surface area contributed by atoms with Gasteiger partial charge in [0, 0.05) is 24.3 Å². The Labute approximate surface area is 143 Å². The van der Waals surface area contributed by atoms with Gasteiger partial charge < -0.3 is 20.6 Å². The van der Waals surface area contributed by atoms with Crippen molar-refractivity contribution < 1.29 is 14.7 Å². The van der Waals surface area contributed by atoms with Crippen LogP contribution in [-0.2, 0) is 0 Å². The average Bonchev–Trinajstić information content (AvgIpc) is 2.55. The number of amides is 3. The molecule has 132 valence electrons. The molecule has 2 atom stereocenters. The van der Waals surface area contributed by atoms with Crippen molar-refractivity contribution in [3.05, 3.63) is 29.3 Å². The maximum absolute atomic E-state index is 12.6. The van der Waals surface area contributed by atoms with Crippen LogP contribution < -0.4 is 10.6 Å². The van der Waals surface area contributed by atoms with Gasteiger partial charge in [-0.2, -0.15) is 0 Å². The predicted octanol–water partition coefficient (Wildman–Crippen LogP) is 2.37. The summed E-state index contributed by atoms with van der Waals surface area (Å²) in [6, 6.07) is 4.63. The third-order valence-corrected chi connectivity index (χ3v) is 4.32. The van der Waals surface area contributed by atoms with Crippen LogP contribution in [0.5, 0.6) is 0 Å². The highest BCUT2D eigenvalue weighted by Gasteiger charge is 2.22. The highest BCUT2D eigenvalue weighted by atomic mass is 16.3. The number of carbonyl (C=O) groups excluding carboxylic acids is 2. The molecule has 3 amide bonds. The molecule has 0 spiro atoms. The fourth-order valence-electron chi connectivity index (χ4n) is 2.92. The summed E-state index contributed by atoms with van der Waals surface area (Å²) >= 11 is 0. The number of aryl methyl sites for hydroxylation is 1. The first kappa shape index (κ1) is 18.3. The third-order valence-electron chi connectivity index (χ3n) is 4.32. The van der Waals surface area contributed by atoms with E-state index in [4.69, 9.17) is 5.11 Å². The Morgan fingerprint density at radius 1 is 1.42 bits per heavy atom. The van der Waals surface area contributed by atoms with Crippen molar-refractivity contribution in [2.24, 2.45) is 5.92 Å². The largest absolute Gasteiger partial charge is 0.394 e. The minimum atomic E-state index is -0.372. The molecule has 1 aromatic rings. The summed E-state index contributed by atoms with van der Waals surface area (Å²) in [4.78, 5) is 26.3. The number of piperidine rings is 1. The highest BCUT2D eigenvalue weighted by Crippen LogP contribution is 2.21. The van der Waals surface area contributed by atoms with Gasteiger partial charge in [0.05, 0.1) is 12.6 Å². The lowest BCUT2D eigenvalue weighted by molar-refractivity contribution is 0.0683. The number of carbonyl (C=O) groups is 2. The van der Waals surface area contributed by atoms with E-state index in [0.29, 0.717) is 17.2 Å². The van der Waals surface area contributed by atoms with Crippen LogP contribution in [0.2, 0.25) is 0 Å². The van der Waals surface area contributed by atoms with Crippen LogP contribution in [0, 0.1) is 12.8 Å². The van der Waals surface area contributed by atoms with E-state index < -0.39 is 0 Å². The molecule has 0 aliphatic carbocycles. The first-order valence-corrected chi connectivity index (χ1v) is 8.49. The zero-order valence-corrected chi connectivity index (χ0v) is 14.6. The summed E-state index contributed by atoms with van der Waals surface area (Å²) in [7, 11) is 0. The van der Waals surface area contributed by atoms with E-state index in [1.165, 1.54) is 6.42 Å². The van der Waals surface area contributed by atoms with E-state index in [9.17, 15) is 9.59 Å². The highest BCUT2D eigenvalue weighted by molar-refractivity contribution is 5.96. The Hall–Kier alpha value is -2.08. The van der Waals surface area contributed by atoms with E-state index in [-0.39, 0.29) is 24.6 Å². The Balaban J connectivity index is 2.03. The van der Waals surface area contributed by atoms with Crippen molar-refractivity contribution in [3.8, 4) is 0 Å². The van der Waals surface area contributed by atoms with Crippen LogP contribution in [0.3, 0.4) is 0 Å². The van der Waals surface area contributed by atoms with Crippen LogP contribution in [0.25, 0.3) is 0 Å². The van der Waals surface area contributed by atoms with Gasteiger partial charge in [-0.1, -0.05) is 6.92 Å². The Morgan fingerprint density at radius 2 is 2.17 bits per heavy atom. The van der Waals surface area contributed by atoms with Gasteiger partial charge in [-0.15, -0.1) is 0 Å². The normalized spacial score (nSPS) is 18.8. The van der Waals surface area contributed by atoms with Crippen LogP contribution in [0.1, 0.15) is 42.6 Å². The van der Waals surface area contributed by atoms with Gasteiger partial charge >= 0.3 is 6.03 Å². The molecule has 2 rings (SSSR count). The third kappa shape index (κ3) is 4.71. The number of hydrogen-bond donors (Lipinski definition) is 3. The smallest absolute Gasteiger partial charge is 0.319 e. The zero-order chi connectivity index (χ0) is 17.7. The van der Waals surface area contributed by atoms with Crippen molar-refractivity contribution in [3.63, 3.8) is 0 Å². The lowest BCUT2D eigenvalue weighted by atomic mass is 9.99. The molecule has 1 aliphatic heterocycles. The molecule has 6 heteroatoms. The van der Waals surface area contributed by atoms with Crippen molar-refractivity contribution >= 4 is 17.6 Å². The molecule has 1 aromatic carbocycles. The predicted molar refractivity (Wildman–Crippen MR) is 94.2 cm³/mol. The summed E-state index contributed by atoms with van der Waals surface area (Å²) in [5, 5.41) is 14.3. The van der Waals surface area contributed by atoms with E-state index in [1.54, 1.807) is 19.1 Å². The molecular weight excluding hydrogens is 306 g/mol. The lowest BCUT2D eigenvalue weighted by Crippen LogP contribution is -2.39. The summed E-state index contributed by atoms with van der Waals surface area (Å²) < 4.78 is 0. The number of aliphatic hydroxyl groups is 1. The van der Waals surface area contributed by atoms with Gasteiger partial charge in [-0.25, -0.2) is 4.79 Å². The van der Waals surface area contributed by atoms with Gasteiger partial charge in [-0.05, 0) is 56.4 Å². The molecule has 2 unspecified atom stereocenters. The number of urea groups is 1. The van der Waals surface area contributed by atoms with Crippen molar-refractivity contribution in [2.45, 2.75) is 39.7 Å². The quantitative estimate of drug-likeness (QED) is 0.791. The molecule has 0 radical (unpaired) electrons. The van der Waals surface area contributed by atoms with Crippen molar-refractivity contribution in [1.82, 2.24) is 10.2 Å². The van der Waals surface area contributed by atoms with Gasteiger partial charge in [0.2, 0.25) is 0 Å². The molecule has 0 bridgehead atoms. The fourth-order valence-corrected chi connectivity index (χ4v) is 2.92. The topological polar surface area (TPSA) is 81.7 Å². The van der Waals surface area contributed by atoms with Gasteiger partial charge in [0.1, 0.15) is 0 Å². The Kier molecular flexibility index (Phi) is 6.20. The number of hydrogen-bond acceptors (Lipinski definition) is 3. The molecule has 1 heterocycles. The molecular formula is C18H27N3O3. The SMILES string of the molecule is Cc1cc(C(=O)N2CCCC(C)C2)ccc1NC(=O)NC(C)CO. The van der Waals surface area contributed by atoms with Gasteiger partial charge in [0.25, 0.3) is 5.91 Å². The summed E-state index contributed by atoms with van der Waals surface area (Å²) in [5.41, 5.74) is 2.13. The van der Waals surface area contributed by atoms with E-state index in [2.05, 4.69) is 17.6 Å². The molecule has 3 N–H and O–H groups in total. The Morgan fingerprint density at radius 3 is 2.79 bits per heavy atom. The van der Waals surface area contributed by atoms with E-state index in [1.807, 2.05) is 17.9 Å². The summed E-state index contributed by atoms with van der Waals surface area (Å²) in [6.07, 6.45) is 2.22. The van der Waals surface area contributed by atoms with Crippen LogP contribution in [0.15, 0.2) is 18.2 Å². The second-order valence-electron chi connectivity index (χ2n) is 6.71. The van der Waals surface area contributed by atoms with Crippen molar-refractivity contribution in [1.29, 1.82) is 0 Å². The summed E-state index contributed by atoms with van der Waals surface area (Å²) in [6.45, 7) is 7.25. The first-order valence-electron chi connectivity index (χ1n) is 8.49. The van der Waals surface area contributed by atoms with Crippen LogP contribution >= 0.6 is 0 Å². The molecule has 24 heavy (non-hydrogen) atoms. The number of anilines is 1. The van der Waals surface area contributed by atoms with Crippen LogP contribution in [-0.4, -0.2) is 47.7 Å².